The molecule has 1 aromatic carbocycles. The lowest BCUT2D eigenvalue weighted by molar-refractivity contribution is 0.595. The summed E-state index contributed by atoms with van der Waals surface area (Å²) in [5.74, 6) is 0. The molecule has 1 aromatic heterocycles. The molecule has 106 valence electrons. The lowest BCUT2D eigenvalue weighted by Crippen LogP contribution is -2.24. The Morgan fingerprint density at radius 2 is 1.95 bits per heavy atom. The summed E-state index contributed by atoms with van der Waals surface area (Å²) in [5.41, 5.74) is 6.44. The molecule has 0 aliphatic rings. The van der Waals surface area contributed by atoms with Crippen molar-refractivity contribution in [1.82, 2.24) is 10.3 Å². The zero-order chi connectivity index (χ0) is 14.5. The van der Waals surface area contributed by atoms with Crippen LogP contribution in [-0.4, -0.2) is 11.5 Å². The minimum atomic E-state index is 0.247. The van der Waals surface area contributed by atoms with Gasteiger partial charge in [-0.05, 0) is 68.1 Å². The van der Waals surface area contributed by atoms with E-state index in [1.165, 1.54) is 22.3 Å². The highest BCUT2D eigenvalue weighted by atomic mass is 14.9. The third kappa shape index (κ3) is 3.26. The van der Waals surface area contributed by atoms with Crippen LogP contribution in [0.1, 0.15) is 47.3 Å². The van der Waals surface area contributed by atoms with Crippen molar-refractivity contribution in [1.29, 1.82) is 0 Å². The Hall–Kier alpha value is -1.67. The Labute approximate surface area is 122 Å². The molecule has 0 bridgehead atoms. The second-order valence-electron chi connectivity index (χ2n) is 5.41. The molecule has 2 rings (SSSR count). The monoisotopic (exact) mass is 268 g/mol. The molecule has 2 nitrogen and oxygen atoms in total. The van der Waals surface area contributed by atoms with Crippen molar-refractivity contribution >= 4 is 0 Å². The van der Waals surface area contributed by atoms with Crippen LogP contribution in [0, 0.1) is 20.8 Å². The van der Waals surface area contributed by atoms with Gasteiger partial charge in [0, 0.05) is 11.9 Å². The van der Waals surface area contributed by atoms with E-state index in [2.05, 4.69) is 61.4 Å². The van der Waals surface area contributed by atoms with Gasteiger partial charge in [-0.1, -0.05) is 25.1 Å². The third-order valence-corrected chi connectivity index (χ3v) is 3.81. The summed E-state index contributed by atoms with van der Waals surface area (Å²) < 4.78 is 0. The lowest BCUT2D eigenvalue weighted by Gasteiger charge is -2.22. The SMILES string of the molecule is CCCNC(c1ccnc(C)c1)c1cccc(C)c1C. The first-order valence-corrected chi connectivity index (χ1v) is 7.35. The number of aryl methyl sites for hydroxylation is 2. The normalized spacial score (nSPS) is 12.4. The van der Waals surface area contributed by atoms with E-state index in [9.17, 15) is 0 Å². The first kappa shape index (κ1) is 14.7. The maximum atomic E-state index is 4.31. The summed E-state index contributed by atoms with van der Waals surface area (Å²) in [5, 5.41) is 3.67. The topological polar surface area (TPSA) is 24.9 Å². The highest BCUT2D eigenvalue weighted by molar-refractivity contribution is 5.40. The molecule has 0 radical (unpaired) electrons. The summed E-state index contributed by atoms with van der Waals surface area (Å²) in [7, 11) is 0. The fraction of sp³-hybridized carbons (Fsp3) is 0.389. The van der Waals surface area contributed by atoms with Crippen LogP contribution in [0.5, 0.6) is 0 Å². The van der Waals surface area contributed by atoms with Gasteiger partial charge in [-0.25, -0.2) is 0 Å². The third-order valence-electron chi connectivity index (χ3n) is 3.81. The van der Waals surface area contributed by atoms with Crippen LogP contribution in [-0.2, 0) is 0 Å². The number of aromatic nitrogens is 1. The zero-order valence-electron chi connectivity index (χ0n) is 12.9. The van der Waals surface area contributed by atoms with Crippen molar-refractivity contribution < 1.29 is 0 Å². The largest absolute Gasteiger partial charge is 0.306 e. The number of nitrogens with one attached hydrogen (secondary N) is 1. The van der Waals surface area contributed by atoms with Gasteiger partial charge in [0.15, 0.2) is 0 Å². The molecule has 2 aromatic rings. The molecule has 2 heteroatoms. The molecule has 0 saturated carbocycles. The van der Waals surface area contributed by atoms with Crippen molar-refractivity contribution in [3.8, 4) is 0 Å². The number of pyridine rings is 1. The van der Waals surface area contributed by atoms with Gasteiger partial charge in [0.25, 0.3) is 0 Å². The molecule has 0 aliphatic heterocycles. The summed E-state index contributed by atoms with van der Waals surface area (Å²) >= 11 is 0. The zero-order valence-corrected chi connectivity index (χ0v) is 12.9. The van der Waals surface area contributed by atoms with E-state index >= 15 is 0 Å². The average Bonchev–Trinajstić information content (AvgIpc) is 2.44. The molecule has 20 heavy (non-hydrogen) atoms. The Kier molecular flexibility index (Phi) is 4.91. The van der Waals surface area contributed by atoms with E-state index in [4.69, 9.17) is 0 Å². The van der Waals surface area contributed by atoms with Crippen molar-refractivity contribution in [2.45, 2.75) is 40.2 Å². The van der Waals surface area contributed by atoms with Gasteiger partial charge in [0.05, 0.1) is 6.04 Å². The second-order valence-corrected chi connectivity index (χ2v) is 5.41. The van der Waals surface area contributed by atoms with Crippen LogP contribution in [0.4, 0.5) is 0 Å². The minimum Gasteiger partial charge on any atom is -0.306 e. The van der Waals surface area contributed by atoms with E-state index in [0.29, 0.717) is 0 Å². The number of nitrogens with zero attached hydrogens (tertiary/aromatic N) is 1. The Morgan fingerprint density at radius 1 is 1.15 bits per heavy atom. The Bertz CT molecular complexity index is 575. The van der Waals surface area contributed by atoms with Gasteiger partial charge >= 0.3 is 0 Å². The van der Waals surface area contributed by atoms with Gasteiger partial charge in [-0.3, -0.25) is 4.98 Å². The van der Waals surface area contributed by atoms with Crippen LogP contribution in [0.25, 0.3) is 0 Å². The van der Waals surface area contributed by atoms with Gasteiger partial charge < -0.3 is 5.32 Å². The minimum absolute atomic E-state index is 0.247. The lowest BCUT2D eigenvalue weighted by atomic mass is 9.92. The molecule has 0 spiro atoms. The van der Waals surface area contributed by atoms with Crippen LogP contribution in [0.15, 0.2) is 36.5 Å². The number of benzene rings is 1. The Morgan fingerprint density at radius 3 is 2.65 bits per heavy atom. The molecule has 0 amide bonds. The summed E-state index contributed by atoms with van der Waals surface area (Å²) in [4.78, 5) is 4.31. The molecule has 1 heterocycles. The van der Waals surface area contributed by atoms with E-state index < -0.39 is 0 Å². The molecular formula is C18H24N2. The van der Waals surface area contributed by atoms with Crippen molar-refractivity contribution in [2.24, 2.45) is 0 Å². The number of rotatable bonds is 5. The molecular weight excluding hydrogens is 244 g/mol. The second kappa shape index (κ2) is 6.67. The van der Waals surface area contributed by atoms with E-state index in [1.807, 2.05) is 13.1 Å². The van der Waals surface area contributed by atoms with Crippen LogP contribution < -0.4 is 5.32 Å². The van der Waals surface area contributed by atoms with E-state index in [0.717, 1.165) is 18.7 Å². The molecule has 1 N–H and O–H groups in total. The van der Waals surface area contributed by atoms with Crippen LogP contribution >= 0.6 is 0 Å². The molecule has 1 unspecified atom stereocenters. The highest BCUT2D eigenvalue weighted by Gasteiger charge is 2.16. The molecule has 1 atom stereocenters. The summed E-state index contributed by atoms with van der Waals surface area (Å²) in [6.07, 6.45) is 3.03. The average molecular weight is 268 g/mol. The molecule has 0 saturated heterocycles. The first-order chi connectivity index (χ1) is 9.63. The van der Waals surface area contributed by atoms with Crippen LogP contribution in [0.3, 0.4) is 0 Å². The number of hydrogen-bond donors (Lipinski definition) is 1. The predicted octanol–water partition coefficient (Wildman–Crippen LogP) is 4.10. The van der Waals surface area contributed by atoms with Crippen molar-refractivity contribution in [3.63, 3.8) is 0 Å². The van der Waals surface area contributed by atoms with Crippen molar-refractivity contribution in [2.75, 3.05) is 6.54 Å². The van der Waals surface area contributed by atoms with Gasteiger partial charge in [-0.15, -0.1) is 0 Å². The van der Waals surface area contributed by atoms with E-state index in [-0.39, 0.29) is 6.04 Å². The van der Waals surface area contributed by atoms with Crippen molar-refractivity contribution in [3.05, 3.63) is 64.5 Å². The van der Waals surface area contributed by atoms with Gasteiger partial charge in [0.1, 0.15) is 0 Å². The number of hydrogen-bond acceptors (Lipinski definition) is 2. The summed E-state index contributed by atoms with van der Waals surface area (Å²) in [6, 6.07) is 11.1. The van der Waals surface area contributed by atoms with E-state index in [1.54, 1.807) is 0 Å². The summed E-state index contributed by atoms with van der Waals surface area (Å²) in [6.45, 7) is 9.64. The van der Waals surface area contributed by atoms with Gasteiger partial charge in [0.2, 0.25) is 0 Å². The highest BCUT2D eigenvalue weighted by Crippen LogP contribution is 2.26. The standard InChI is InChI=1S/C18H24N2/c1-5-10-20-18(16-9-11-19-14(3)12-16)17-8-6-7-13(2)15(17)4/h6-9,11-12,18,20H,5,10H2,1-4H3. The molecule has 0 aliphatic carbocycles. The smallest absolute Gasteiger partial charge is 0.0580 e. The molecule has 0 fully saturated rings. The first-order valence-electron chi connectivity index (χ1n) is 7.35. The Balaban J connectivity index is 2.44. The maximum Gasteiger partial charge on any atom is 0.0580 e. The fourth-order valence-corrected chi connectivity index (χ4v) is 2.53. The predicted molar refractivity (Wildman–Crippen MR) is 85.0 cm³/mol. The van der Waals surface area contributed by atoms with Crippen LogP contribution in [0.2, 0.25) is 0 Å². The van der Waals surface area contributed by atoms with Gasteiger partial charge in [-0.2, -0.15) is 0 Å². The fourth-order valence-electron chi connectivity index (χ4n) is 2.53. The quantitative estimate of drug-likeness (QED) is 0.883. The maximum absolute atomic E-state index is 4.31.